The van der Waals surface area contributed by atoms with Crippen LogP contribution in [0.2, 0.25) is 0 Å². The van der Waals surface area contributed by atoms with Crippen LogP contribution in [0.15, 0.2) is 52.8 Å². The fraction of sp³-hybridized carbons (Fsp3) is 0.389. The molecule has 0 bridgehead atoms. The number of likely N-dealkylation sites (N-methyl/N-ethyl adjacent to an activating group) is 1. The van der Waals surface area contributed by atoms with Gasteiger partial charge in [-0.25, -0.2) is 4.99 Å². The van der Waals surface area contributed by atoms with Crippen molar-refractivity contribution in [3.63, 3.8) is 0 Å². The minimum Gasteiger partial charge on any atom is -0.355 e. The maximum absolute atomic E-state index is 4.89. The first-order valence-electron chi connectivity index (χ1n) is 8.02. The van der Waals surface area contributed by atoms with E-state index >= 15 is 0 Å². The van der Waals surface area contributed by atoms with Crippen molar-refractivity contribution >= 4 is 28.2 Å². The van der Waals surface area contributed by atoms with Crippen LogP contribution in [0.3, 0.4) is 0 Å². The van der Waals surface area contributed by atoms with Gasteiger partial charge >= 0.3 is 0 Å². The average Bonchev–Trinajstić information content (AvgIpc) is 2.73. The predicted molar refractivity (Wildman–Crippen MR) is 102 cm³/mol. The Hall–Kier alpha value is -1.72. The van der Waals surface area contributed by atoms with E-state index in [9.17, 15) is 0 Å². The Morgan fingerprint density at radius 1 is 1.17 bits per heavy atom. The quantitative estimate of drug-likeness (QED) is 0.900. The van der Waals surface area contributed by atoms with Crippen LogP contribution in [0.1, 0.15) is 6.92 Å². The van der Waals surface area contributed by atoms with Crippen molar-refractivity contribution in [2.45, 2.75) is 6.92 Å². The number of nitrogens with zero attached hydrogens (tertiary/aromatic N) is 3. The number of piperazine rings is 1. The monoisotopic (exact) mass is 328 g/mol. The molecule has 1 saturated heterocycles. The molecule has 2 aliphatic rings. The van der Waals surface area contributed by atoms with Crippen LogP contribution >= 0.6 is 11.8 Å². The van der Waals surface area contributed by atoms with E-state index in [0.29, 0.717) is 0 Å². The number of thioether (sulfide) groups is 1. The molecule has 3 rings (SSSR count). The summed E-state index contributed by atoms with van der Waals surface area (Å²) in [6.07, 6.45) is 6.36. The number of aliphatic imine (C=N–C) groups is 1. The number of hydrogen-bond acceptors (Lipinski definition) is 5. The summed E-state index contributed by atoms with van der Waals surface area (Å²) in [4.78, 5) is 9.71. The normalized spacial score (nSPS) is 19.4. The molecule has 1 fully saturated rings. The Kier molecular flexibility index (Phi) is 5.08. The second-order valence-electron chi connectivity index (χ2n) is 5.82. The molecule has 0 saturated carbocycles. The van der Waals surface area contributed by atoms with Crippen molar-refractivity contribution in [3.05, 3.63) is 47.8 Å². The minimum absolute atomic E-state index is 1.00. The molecule has 1 aromatic rings. The van der Waals surface area contributed by atoms with E-state index in [2.05, 4.69) is 65.7 Å². The first-order chi connectivity index (χ1) is 11.2. The highest BCUT2D eigenvalue weighted by Gasteiger charge is 2.23. The van der Waals surface area contributed by atoms with Gasteiger partial charge in [-0.15, -0.1) is 11.8 Å². The Morgan fingerprint density at radius 3 is 2.61 bits per heavy atom. The summed E-state index contributed by atoms with van der Waals surface area (Å²) >= 11 is 1.70. The van der Waals surface area contributed by atoms with Crippen LogP contribution in [0.25, 0.3) is 0 Å². The standard InChI is InChI=1S/C18H24N4S/c1-4-7-14-17(22-12-10-21(2)11-13-22)19-15-8-5-6-9-16(15)20-18(14)23-3/h4-9,19H,10-13H2,1-3H3/b7-4+. The third-order valence-corrected chi connectivity index (χ3v) is 4.91. The zero-order valence-electron chi connectivity index (χ0n) is 14.0. The lowest BCUT2D eigenvalue weighted by Crippen LogP contribution is -2.45. The zero-order chi connectivity index (χ0) is 16.2. The Labute approximate surface area is 143 Å². The largest absolute Gasteiger partial charge is 0.355 e. The molecule has 0 radical (unpaired) electrons. The maximum atomic E-state index is 4.89. The number of para-hydroxylation sites is 2. The molecule has 2 aliphatic heterocycles. The van der Waals surface area contributed by atoms with E-state index < -0.39 is 0 Å². The molecule has 1 N–H and O–H groups in total. The molecule has 1 aromatic carbocycles. The predicted octanol–water partition coefficient (Wildman–Crippen LogP) is 3.54. The summed E-state index contributed by atoms with van der Waals surface area (Å²) in [6, 6.07) is 8.27. The lowest BCUT2D eigenvalue weighted by Gasteiger charge is -2.36. The van der Waals surface area contributed by atoms with Gasteiger partial charge in [-0.2, -0.15) is 0 Å². The van der Waals surface area contributed by atoms with E-state index in [4.69, 9.17) is 4.99 Å². The lowest BCUT2D eigenvalue weighted by molar-refractivity contribution is 0.187. The van der Waals surface area contributed by atoms with Gasteiger partial charge < -0.3 is 15.1 Å². The number of allylic oxidation sites excluding steroid dienone is 2. The lowest BCUT2D eigenvalue weighted by atomic mass is 10.2. The summed E-state index contributed by atoms with van der Waals surface area (Å²) in [5, 5.41) is 4.72. The molecule has 4 nitrogen and oxygen atoms in total. The zero-order valence-corrected chi connectivity index (χ0v) is 14.9. The molecule has 122 valence electrons. The Morgan fingerprint density at radius 2 is 1.91 bits per heavy atom. The van der Waals surface area contributed by atoms with Gasteiger partial charge in [-0.1, -0.05) is 24.3 Å². The molecule has 0 unspecified atom stereocenters. The van der Waals surface area contributed by atoms with Gasteiger partial charge in [0.1, 0.15) is 10.9 Å². The van der Waals surface area contributed by atoms with Crippen molar-refractivity contribution in [1.82, 2.24) is 9.80 Å². The SMILES string of the molecule is C/C=C/C1=C(N2CCN(C)CC2)Nc2ccccc2N=C1SC. The first kappa shape index (κ1) is 16.1. The summed E-state index contributed by atoms with van der Waals surface area (Å²) in [7, 11) is 2.18. The van der Waals surface area contributed by atoms with Gasteiger partial charge in [-0.05, 0) is 32.4 Å². The minimum atomic E-state index is 1.00. The van der Waals surface area contributed by atoms with Crippen LogP contribution in [-0.4, -0.2) is 54.3 Å². The van der Waals surface area contributed by atoms with Gasteiger partial charge in [0.15, 0.2) is 0 Å². The molecular formula is C18H24N4S. The van der Waals surface area contributed by atoms with Crippen LogP contribution in [0, 0.1) is 0 Å². The Balaban J connectivity index is 2.06. The molecule has 2 heterocycles. The third kappa shape index (κ3) is 3.46. The van der Waals surface area contributed by atoms with E-state index in [1.807, 2.05) is 6.07 Å². The average molecular weight is 328 g/mol. The summed E-state index contributed by atoms with van der Waals surface area (Å²) < 4.78 is 0. The highest BCUT2D eigenvalue weighted by Crippen LogP contribution is 2.34. The number of rotatable bonds is 2. The van der Waals surface area contributed by atoms with Gasteiger partial charge in [0, 0.05) is 31.8 Å². The van der Waals surface area contributed by atoms with Gasteiger partial charge in [0.2, 0.25) is 0 Å². The number of nitrogens with one attached hydrogen (secondary N) is 1. The van der Waals surface area contributed by atoms with E-state index in [1.54, 1.807) is 11.8 Å². The smallest absolute Gasteiger partial charge is 0.116 e. The van der Waals surface area contributed by atoms with Crippen LogP contribution < -0.4 is 5.32 Å². The molecule has 5 heteroatoms. The van der Waals surface area contributed by atoms with Gasteiger partial charge in [-0.3, -0.25) is 0 Å². The Bertz CT molecular complexity index is 655. The number of hydrogen-bond donors (Lipinski definition) is 1. The molecule has 0 aliphatic carbocycles. The van der Waals surface area contributed by atoms with Crippen molar-refractivity contribution in [2.75, 3.05) is 44.8 Å². The van der Waals surface area contributed by atoms with Crippen LogP contribution in [-0.2, 0) is 0 Å². The molecule has 0 spiro atoms. The van der Waals surface area contributed by atoms with Crippen molar-refractivity contribution in [2.24, 2.45) is 4.99 Å². The second-order valence-corrected chi connectivity index (χ2v) is 6.61. The number of anilines is 1. The van der Waals surface area contributed by atoms with Gasteiger partial charge in [0.05, 0.1) is 11.4 Å². The molecule has 0 aromatic heterocycles. The topological polar surface area (TPSA) is 30.9 Å². The van der Waals surface area contributed by atoms with Gasteiger partial charge in [0.25, 0.3) is 0 Å². The second kappa shape index (κ2) is 7.23. The summed E-state index contributed by atoms with van der Waals surface area (Å²) in [6.45, 7) is 6.29. The van der Waals surface area contributed by atoms with Crippen LogP contribution in [0.4, 0.5) is 11.4 Å². The van der Waals surface area contributed by atoms with E-state index in [1.165, 1.54) is 11.4 Å². The number of benzene rings is 1. The summed E-state index contributed by atoms with van der Waals surface area (Å²) in [5.74, 6) is 1.18. The van der Waals surface area contributed by atoms with Crippen molar-refractivity contribution < 1.29 is 0 Å². The van der Waals surface area contributed by atoms with Crippen LogP contribution in [0.5, 0.6) is 0 Å². The fourth-order valence-corrected chi connectivity index (χ4v) is 3.47. The van der Waals surface area contributed by atoms with E-state index in [0.717, 1.165) is 42.6 Å². The highest BCUT2D eigenvalue weighted by atomic mass is 32.2. The van der Waals surface area contributed by atoms with Crippen molar-refractivity contribution in [1.29, 1.82) is 0 Å². The molecule has 23 heavy (non-hydrogen) atoms. The third-order valence-electron chi connectivity index (χ3n) is 4.21. The molecule has 0 atom stereocenters. The molecule has 0 amide bonds. The van der Waals surface area contributed by atoms with Crippen molar-refractivity contribution in [3.8, 4) is 0 Å². The highest BCUT2D eigenvalue weighted by molar-refractivity contribution is 8.13. The molecular weight excluding hydrogens is 304 g/mol. The maximum Gasteiger partial charge on any atom is 0.116 e. The fourth-order valence-electron chi connectivity index (χ4n) is 2.89. The number of fused-ring (bicyclic) bond motifs is 1. The first-order valence-corrected chi connectivity index (χ1v) is 9.25. The van der Waals surface area contributed by atoms with E-state index in [-0.39, 0.29) is 0 Å². The summed E-state index contributed by atoms with van der Waals surface area (Å²) in [5.41, 5.74) is 3.26.